The Bertz CT molecular complexity index is 893. The van der Waals surface area contributed by atoms with Crippen LogP contribution < -0.4 is 5.32 Å². The van der Waals surface area contributed by atoms with Crippen molar-refractivity contribution in [2.75, 3.05) is 0 Å². The first-order valence-electron chi connectivity index (χ1n) is 7.32. The molecule has 126 valence electrons. The predicted octanol–water partition coefficient (Wildman–Crippen LogP) is 4.17. The van der Waals surface area contributed by atoms with E-state index in [1.807, 2.05) is 30.3 Å². The number of carbonyl (C=O) groups is 2. The summed E-state index contributed by atoms with van der Waals surface area (Å²) in [7, 11) is 0. The van der Waals surface area contributed by atoms with Gasteiger partial charge in [0.05, 0.1) is 10.5 Å². The van der Waals surface area contributed by atoms with Crippen LogP contribution in [0.2, 0.25) is 0 Å². The molecule has 7 heteroatoms. The van der Waals surface area contributed by atoms with Crippen molar-refractivity contribution in [3.8, 4) is 0 Å². The molecule has 0 aliphatic carbocycles. The first-order valence-corrected chi connectivity index (χ1v) is 9.53. The minimum absolute atomic E-state index is 0.176. The van der Waals surface area contributed by atoms with Gasteiger partial charge in [-0.25, -0.2) is 4.79 Å². The first-order chi connectivity index (χ1) is 12.0. The lowest BCUT2D eigenvalue weighted by Crippen LogP contribution is -2.17. The standard InChI is InChI=1S/C18H13NO3S3/c20-16-15(25-18(23)19-16)9-11-4-3-5-12(8-11)10-24-14-7-2-1-6-13(14)17(21)22/h1-9H,10H2,(H,21,22)(H,19,20,23). The number of carboxylic acids is 1. The number of nitrogens with one attached hydrogen (secondary N) is 1. The molecule has 0 radical (unpaired) electrons. The summed E-state index contributed by atoms with van der Waals surface area (Å²) in [5.74, 6) is -0.467. The van der Waals surface area contributed by atoms with Crippen LogP contribution in [0.1, 0.15) is 21.5 Å². The molecule has 0 spiro atoms. The number of amides is 1. The normalized spacial score (nSPS) is 15.4. The van der Waals surface area contributed by atoms with Crippen LogP contribution in [0.25, 0.3) is 6.08 Å². The molecule has 0 unspecified atom stereocenters. The van der Waals surface area contributed by atoms with Gasteiger partial charge in [0.1, 0.15) is 4.32 Å². The van der Waals surface area contributed by atoms with Crippen molar-refractivity contribution in [1.29, 1.82) is 0 Å². The van der Waals surface area contributed by atoms with Gasteiger partial charge in [-0.05, 0) is 29.3 Å². The summed E-state index contributed by atoms with van der Waals surface area (Å²) in [6.45, 7) is 0. The third-order valence-electron chi connectivity index (χ3n) is 3.40. The van der Waals surface area contributed by atoms with Crippen molar-refractivity contribution < 1.29 is 14.7 Å². The van der Waals surface area contributed by atoms with E-state index in [4.69, 9.17) is 12.2 Å². The van der Waals surface area contributed by atoms with Gasteiger partial charge >= 0.3 is 5.97 Å². The van der Waals surface area contributed by atoms with Crippen molar-refractivity contribution in [3.05, 3.63) is 70.1 Å². The van der Waals surface area contributed by atoms with Gasteiger partial charge < -0.3 is 10.4 Å². The largest absolute Gasteiger partial charge is 0.478 e. The van der Waals surface area contributed by atoms with Gasteiger partial charge in [0, 0.05) is 10.6 Å². The molecular weight excluding hydrogens is 374 g/mol. The smallest absolute Gasteiger partial charge is 0.336 e. The van der Waals surface area contributed by atoms with Gasteiger partial charge in [-0.15, -0.1) is 11.8 Å². The Balaban J connectivity index is 1.75. The number of carbonyl (C=O) groups excluding carboxylic acids is 1. The maximum Gasteiger partial charge on any atom is 0.336 e. The van der Waals surface area contributed by atoms with E-state index in [9.17, 15) is 14.7 Å². The summed E-state index contributed by atoms with van der Waals surface area (Å²) < 4.78 is 0.466. The molecule has 1 heterocycles. The zero-order valence-electron chi connectivity index (χ0n) is 12.9. The zero-order valence-corrected chi connectivity index (χ0v) is 15.3. The van der Waals surface area contributed by atoms with Crippen LogP contribution in [0.4, 0.5) is 0 Å². The van der Waals surface area contributed by atoms with E-state index in [2.05, 4.69) is 5.32 Å². The van der Waals surface area contributed by atoms with E-state index in [-0.39, 0.29) is 5.91 Å². The van der Waals surface area contributed by atoms with Crippen LogP contribution in [0.3, 0.4) is 0 Å². The van der Waals surface area contributed by atoms with Gasteiger partial charge in [-0.3, -0.25) is 4.79 Å². The second-order valence-corrected chi connectivity index (χ2v) is 7.92. The van der Waals surface area contributed by atoms with Gasteiger partial charge in [0.15, 0.2) is 0 Å². The molecule has 1 fully saturated rings. The molecule has 3 rings (SSSR count). The van der Waals surface area contributed by atoms with E-state index >= 15 is 0 Å². The summed E-state index contributed by atoms with van der Waals surface area (Å²) >= 11 is 7.71. The summed E-state index contributed by atoms with van der Waals surface area (Å²) in [6, 6.07) is 14.8. The fourth-order valence-electron chi connectivity index (χ4n) is 2.28. The highest BCUT2D eigenvalue weighted by Crippen LogP contribution is 2.28. The lowest BCUT2D eigenvalue weighted by molar-refractivity contribution is -0.115. The number of hydrogen-bond donors (Lipinski definition) is 2. The number of hydrogen-bond acceptors (Lipinski definition) is 5. The maximum atomic E-state index is 11.7. The number of thiocarbonyl (C=S) groups is 1. The van der Waals surface area contributed by atoms with E-state index in [1.54, 1.807) is 24.3 Å². The van der Waals surface area contributed by atoms with Crippen molar-refractivity contribution in [2.45, 2.75) is 10.6 Å². The van der Waals surface area contributed by atoms with Gasteiger partial charge in [-0.1, -0.05) is 60.4 Å². The van der Waals surface area contributed by atoms with E-state index in [1.165, 1.54) is 23.5 Å². The molecule has 1 saturated heterocycles. The molecule has 2 aromatic carbocycles. The van der Waals surface area contributed by atoms with Crippen molar-refractivity contribution in [1.82, 2.24) is 5.32 Å². The summed E-state index contributed by atoms with van der Waals surface area (Å²) in [5.41, 5.74) is 2.26. The highest BCUT2D eigenvalue weighted by atomic mass is 32.2. The number of rotatable bonds is 5. The van der Waals surface area contributed by atoms with Crippen LogP contribution in [0.5, 0.6) is 0 Å². The topological polar surface area (TPSA) is 66.4 Å². The van der Waals surface area contributed by atoms with Crippen molar-refractivity contribution in [2.24, 2.45) is 0 Å². The predicted molar refractivity (Wildman–Crippen MR) is 106 cm³/mol. The first kappa shape index (κ1) is 17.7. The summed E-state index contributed by atoms with van der Waals surface area (Å²) in [5, 5.41) is 11.8. The third kappa shape index (κ3) is 4.50. The molecule has 1 amide bonds. The minimum atomic E-state index is -0.929. The Morgan fingerprint density at radius 3 is 2.76 bits per heavy atom. The Morgan fingerprint density at radius 1 is 1.24 bits per heavy atom. The van der Waals surface area contributed by atoms with Crippen LogP contribution in [0.15, 0.2) is 58.3 Å². The number of thioether (sulfide) groups is 2. The van der Waals surface area contributed by atoms with Crippen molar-refractivity contribution in [3.63, 3.8) is 0 Å². The molecule has 0 bridgehead atoms. The van der Waals surface area contributed by atoms with Crippen LogP contribution in [-0.2, 0) is 10.5 Å². The quantitative estimate of drug-likeness (QED) is 0.456. The van der Waals surface area contributed by atoms with E-state index < -0.39 is 5.97 Å². The second-order valence-electron chi connectivity index (χ2n) is 5.19. The van der Waals surface area contributed by atoms with Crippen molar-refractivity contribution >= 4 is 58.0 Å². The third-order valence-corrected chi connectivity index (χ3v) is 5.71. The zero-order chi connectivity index (χ0) is 17.8. The minimum Gasteiger partial charge on any atom is -0.478 e. The molecule has 0 aromatic heterocycles. The average Bonchev–Trinajstić information content (AvgIpc) is 2.91. The fraction of sp³-hybridized carbons (Fsp3) is 0.0556. The summed E-state index contributed by atoms with van der Waals surface area (Å²) in [6.07, 6.45) is 1.80. The Hall–Kier alpha value is -2.09. The van der Waals surface area contributed by atoms with Gasteiger partial charge in [-0.2, -0.15) is 0 Å². The fourth-order valence-corrected chi connectivity index (χ4v) is 4.31. The monoisotopic (exact) mass is 387 g/mol. The lowest BCUT2D eigenvalue weighted by atomic mass is 10.1. The number of benzene rings is 2. The molecule has 0 saturated carbocycles. The molecule has 4 nitrogen and oxygen atoms in total. The van der Waals surface area contributed by atoms with Gasteiger partial charge in [0.2, 0.25) is 0 Å². The highest BCUT2D eigenvalue weighted by Gasteiger charge is 2.21. The lowest BCUT2D eigenvalue weighted by Gasteiger charge is -2.06. The molecule has 2 aromatic rings. The van der Waals surface area contributed by atoms with E-state index in [0.717, 1.165) is 16.0 Å². The van der Waals surface area contributed by atoms with Crippen LogP contribution >= 0.6 is 35.7 Å². The molecular formula is C18H13NO3S3. The number of carboxylic acid groups (broad SMARTS) is 1. The average molecular weight is 388 g/mol. The second kappa shape index (κ2) is 7.86. The Morgan fingerprint density at radius 2 is 2.04 bits per heavy atom. The van der Waals surface area contributed by atoms with Crippen LogP contribution in [-0.4, -0.2) is 21.3 Å². The molecule has 0 atom stereocenters. The molecule has 2 N–H and O–H groups in total. The van der Waals surface area contributed by atoms with E-state index in [0.29, 0.717) is 20.5 Å². The Labute approximate surface area is 158 Å². The SMILES string of the molecule is O=C1NC(=S)SC1=Cc1cccc(CSc2ccccc2C(=O)O)c1. The van der Waals surface area contributed by atoms with Gasteiger partial charge in [0.25, 0.3) is 5.91 Å². The number of aromatic carboxylic acids is 1. The summed E-state index contributed by atoms with van der Waals surface area (Å²) in [4.78, 5) is 24.3. The highest BCUT2D eigenvalue weighted by molar-refractivity contribution is 8.26. The Kier molecular flexibility index (Phi) is 5.57. The van der Waals surface area contributed by atoms with Crippen LogP contribution in [0, 0.1) is 0 Å². The molecule has 1 aliphatic heterocycles. The molecule has 1 aliphatic rings. The maximum absolute atomic E-state index is 11.7. The molecule has 25 heavy (non-hydrogen) atoms.